The van der Waals surface area contributed by atoms with Crippen LogP contribution in [0.4, 0.5) is 0 Å². The summed E-state index contributed by atoms with van der Waals surface area (Å²) in [6.07, 6.45) is -0.328. The molecule has 5 heteroatoms. The van der Waals surface area contributed by atoms with Crippen LogP contribution in [0.3, 0.4) is 0 Å². The molecule has 1 aromatic rings. The fourth-order valence-corrected chi connectivity index (χ4v) is 1.31. The molecule has 0 amide bonds. The Labute approximate surface area is 125 Å². The van der Waals surface area contributed by atoms with Crippen molar-refractivity contribution in [3.63, 3.8) is 0 Å². The second-order valence-electron chi connectivity index (χ2n) is 4.49. The van der Waals surface area contributed by atoms with E-state index in [9.17, 15) is 9.59 Å². The predicted molar refractivity (Wildman–Crippen MR) is 74.7 cm³/mol. The van der Waals surface area contributed by atoms with Crippen molar-refractivity contribution in [1.29, 1.82) is 0 Å². The summed E-state index contributed by atoms with van der Waals surface area (Å²) >= 11 is 0. The average Bonchev–Trinajstić information content (AvgIpc) is 2.27. The second-order valence-corrected chi connectivity index (χ2v) is 4.49. The third kappa shape index (κ3) is 5.95. The molecule has 0 radical (unpaired) electrons. The summed E-state index contributed by atoms with van der Waals surface area (Å²) in [7, 11) is 0. The Morgan fingerprint density at radius 2 is 1.05 bits per heavy atom. The summed E-state index contributed by atoms with van der Waals surface area (Å²) in [5.74, 6) is -0.789. The summed E-state index contributed by atoms with van der Waals surface area (Å²) in [6.45, 7) is 7.14. The van der Waals surface area contributed by atoms with Crippen molar-refractivity contribution < 1.29 is 19.1 Å². The van der Waals surface area contributed by atoms with Crippen molar-refractivity contribution in [2.45, 2.75) is 39.9 Å². The van der Waals surface area contributed by atoms with Crippen molar-refractivity contribution >= 4 is 30.8 Å². The van der Waals surface area contributed by atoms with E-state index in [1.807, 2.05) is 0 Å². The van der Waals surface area contributed by atoms with E-state index < -0.39 is 11.9 Å². The summed E-state index contributed by atoms with van der Waals surface area (Å²) in [5, 5.41) is 0. The molecule has 100 valence electrons. The van der Waals surface area contributed by atoms with Crippen molar-refractivity contribution in [3.05, 3.63) is 35.4 Å². The van der Waals surface area contributed by atoms with Crippen LogP contribution in [0.15, 0.2) is 24.3 Å². The first-order valence-corrected chi connectivity index (χ1v) is 5.92. The first-order chi connectivity index (χ1) is 8.40. The van der Waals surface area contributed by atoms with Crippen molar-refractivity contribution in [2.75, 3.05) is 0 Å². The SMILES string of the molecule is CC(C)OC(=O)c1ccc(C(=O)OC(C)C)cc1.[LiH]. The van der Waals surface area contributed by atoms with E-state index in [-0.39, 0.29) is 31.1 Å². The Balaban J connectivity index is 0.00000324. The number of benzene rings is 1. The van der Waals surface area contributed by atoms with Gasteiger partial charge in [0.1, 0.15) is 0 Å². The van der Waals surface area contributed by atoms with Crippen LogP contribution in [0.2, 0.25) is 0 Å². The molecule has 0 spiro atoms. The van der Waals surface area contributed by atoms with Gasteiger partial charge in [0.2, 0.25) is 0 Å². The van der Waals surface area contributed by atoms with Crippen LogP contribution < -0.4 is 0 Å². The Morgan fingerprint density at radius 1 is 0.789 bits per heavy atom. The number of carbonyl (C=O) groups excluding carboxylic acids is 2. The van der Waals surface area contributed by atoms with Gasteiger partial charge in [-0.15, -0.1) is 0 Å². The molecule has 0 N–H and O–H groups in total. The molecule has 0 atom stereocenters. The maximum absolute atomic E-state index is 11.6. The molecule has 0 aliphatic heterocycles. The van der Waals surface area contributed by atoms with Crippen LogP contribution in [0.25, 0.3) is 0 Å². The molecule has 1 rings (SSSR count). The summed E-state index contributed by atoms with van der Waals surface area (Å²) in [5.41, 5.74) is 0.842. The van der Waals surface area contributed by atoms with E-state index in [1.165, 1.54) is 0 Å². The van der Waals surface area contributed by atoms with E-state index in [0.717, 1.165) is 0 Å². The molecule has 19 heavy (non-hydrogen) atoms. The number of carbonyl (C=O) groups is 2. The van der Waals surface area contributed by atoms with Crippen LogP contribution in [-0.4, -0.2) is 43.0 Å². The zero-order chi connectivity index (χ0) is 13.7. The van der Waals surface area contributed by atoms with Crippen LogP contribution >= 0.6 is 0 Å². The molecule has 0 fully saturated rings. The van der Waals surface area contributed by atoms with Crippen LogP contribution in [-0.2, 0) is 9.47 Å². The van der Waals surface area contributed by atoms with Crippen molar-refractivity contribution in [1.82, 2.24) is 0 Å². The van der Waals surface area contributed by atoms with E-state index in [1.54, 1.807) is 52.0 Å². The summed E-state index contributed by atoms with van der Waals surface area (Å²) < 4.78 is 10.1. The zero-order valence-corrected chi connectivity index (χ0v) is 11.1. The Bertz CT molecular complexity index is 383. The van der Waals surface area contributed by atoms with Gasteiger partial charge in [-0.2, -0.15) is 0 Å². The number of ether oxygens (including phenoxy) is 2. The van der Waals surface area contributed by atoms with Gasteiger partial charge in [0, 0.05) is 0 Å². The summed E-state index contributed by atoms with van der Waals surface area (Å²) in [6, 6.07) is 6.23. The monoisotopic (exact) mass is 258 g/mol. The fraction of sp³-hybridized carbons (Fsp3) is 0.429. The fourth-order valence-electron chi connectivity index (χ4n) is 1.31. The van der Waals surface area contributed by atoms with Gasteiger partial charge >= 0.3 is 30.8 Å². The third-order valence-corrected chi connectivity index (χ3v) is 2.04. The standard InChI is InChI=1S/C14H18O4.Li.H/c1-9(2)17-13(15)11-5-7-12(8-6-11)14(16)18-10(3)4;;/h5-10H,1-4H3;;. The van der Waals surface area contributed by atoms with E-state index in [4.69, 9.17) is 9.47 Å². The molecule has 0 heterocycles. The Hall–Kier alpha value is -1.24. The number of rotatable bonds is 4. The normalized spacial score (nSPS) is 10.0. The number of esters is 2. The quantitative estimate of drug-likeness (QED) is 0.613. The molecule has 0 aliphatic carbocycles. The molecular weight excluding hydrogens is 239 g/mol. The van der Waals surface area contributed by atoms with Crippen LogP contribution in [0, 0.1) is 0 Å². The first kappa shape index (κ1) is 17.8. The maximum atomic E-state index is 11.6. The minimum absolute atomic E-state index is 0. The van der Waals surface area contributed by atoms with Gasteiger partial charge < -0.3 is 9.47 Å². The molecule has 4 nitrogen and oxygen atoms in total. The number of hydrogen-bond donors (Lipinski definition) is 0. The van der Waals surface area contributed by atoms with Crippen molar-refractivity contribution in [3.8, 4) is 0 Å². The van der Waals surface area contributed by atoms with Gasteiger partial charge in [-0.1, -0.05) is 0 Å². The topological polar surface area (TPSA) is 52.6 Å². The Morgan fingerprint density at radius 3 is 1.26 bits per heavy atom. The van der Waals surface area contributed by atoms with Gasteiger partial charge in [0.25, 0.3) is 0 Å². The van der Waals surface area contributed by atoms with Gasteiger partial charge in [-0.25, -0.2) is 9.59 Å². The predicted octanol–water partition coefficient (Wildman–Crippen LogP) is 2.17. The molecule has 0 bridgehead atoms. The van der Waals surface area contributed by atoms with Gasteiger partial charge in [0.15, 0.2) is 0 Å². The molecule has 0 saturated carbocycles. The van der Waals surface area contributed by atoms with Crippen LogP contribution in [0.1, 0.15) is 48.4 Å². The molecule has 0 aromatic heterocycles. The minimum atomic E-state index is -0.395. The number of hydrogen-bond acceptors (Lipinski definition) is 4. The van der Waals surface area contributed by atoms with Crippen molar-refractivity contribution in [2.24, 2.45) is 0 Å². The summed E-state index contributed by atoms with van der Waals surface area (Å²) in [4.78, 5) is 23.2. The first-order valence-electron chi connectivity index (χ1n) is 5.92. The molecule has 1 aromatic carbocycles. The Kier molecular flexibility index (Phi) is 7.51. The molecule has 0 aliphatic rings. The average molecular weight is 258 g/mol. The molecular formula is C14H19LiO4. The third-order valence-electron chi connectivity index (χ3n) is 2.04. The second kappa shape index (κ2) is 8.03. The van der Waals surface area contributed by atoms with E-state index in [2.05, 4.69) is 0 Å². The van der Waals surface area contributed by atoms with Gasteiger partial charge in [-0.05, 0) is 52.0 Å². The van der Waals surface area contributed by atoms with Gasteiger partial charge in [0.05, 0.1) is 23.3 Å². The molecule has 0 saturated heterocycles. The van der Waals surface area contributed by atoms with E-state index in [0.29, 0.717) is 11.1 Å². The zero-order valence-electron chi connectivity index (χ0n) is 11.1. The van der Waals surface area contributed by atoms with E-state index >= 15 is 0 Å². The van der Waals surface area contributed by atoms with Gasteiger partial charge in [-0.3, -0.25) is 0 Å². The molecule has 0 unspecified atom stereocenters. The van der Waals surface area contributed by atoms with Crippen LogP contribution in [0.5, 0.6) is 0 Å².